The van der Waals surface area contributed by atoms with E-state index < -0.39 is 0 Å². The van der Waals surface area contributed by atoms with Crippen molar-refractivity contribution < 1.29 is 9.59 Å². The van der Waals surface area contributed by atoms with Crippen LogP contribution in [-0.2, 0) is 9.59 Å². The largest absolute Gasteiger partial charge is 0.356 e. The van der Waals surface area contributed by atoms with Gasteiger partial charge in [-0.15, -0.1) is 0 Å². The highest BCUT2D eigenvalue weighted by molar-refractivity contribution is 5.92. The first-order valence-electron chi connectivity index (χ1n) is 7.16. The number of nitrogens with one attached hydrogen (secondary N) is 1. The lowest BCUT2D eigenvalue weighted by Crippen LogP contribution is -2.34. The molecule has 0 aliphatic carbocycles. The van der Waals surface area contributed by atoms with Crippen LogP contribution in [0.25, 0.3) is 0 Å². The van der Waals surface area contributed by atoms with E-state index >= 15 is 0 Å². The van der Waals surface area contributed by atoms with E-state index in [9.17, 15) is 9.59 Å². The number of benzene rings is 1. The summed E-state index contributed by atoms with van der Waals surface area (Å²) in [5.41, 5.74) is 1.99. The molecule has 0 fully saturated rings. The first-order chi connectivity index (χ1) is 9.54. The van der Waals surface area contributed by atoms with Gasteiger partial charge in [-0.05, 0) is 25.5 Å². The van der Waals surface area contributed by atoms with Crippen molar-refractivity contribution in [3.05, 3.63) is 29.8 Å². The number of nitrogens with zero attached hydrogens (tertiary/aromatic N) is 1. The van der Waals surface area contributed by atoms with Gasteiger partial charge in [0.1, 0.15) is 0 Å². The standard InChI is InChI=1S/C16H24N2O2/c1-4-5-11-17-16(20)10-12-18(14(3)19)15-8-6-13(2)7-9-15/h6-9H,4-5,10-12H2,1-3H3,(H,17,20). The number of carbonyl (C=O) groups excluding carboxylic acids is 2. The third kappa shape index (κ3) is 5.43. The molecule has 0 atom stereocenters. The van der Waals surface area contributed by atoms with Gasteiger partial charge in [0.15, 0.2) is 0 Å². The fourth-order valence-electron chi connectivity index (χ4n) is 1.90. The van der Waals surface area contributed by atoms with Crippen LogP contribution in [0.1, 0.15) is 38.7 Å². The van der Waals surface area contributed by atoms with Gasteiger partial charge in [0.25, 0.3) is 0 Å². The summed E-state index contributed by atoms with van der Waals surface area (Å²) in [6, 6.07) is 7.75. The summed E-state index contributed by atoms with van der Waals surface area (Å²) < 4.78 is 0. The number of hydrogen-bond acceptors (Lipinski definition) is 2. The van der Waals surface area contributed by atoms with Crippen molar-refractivity contribution in [3.63, 3.8) is 0 Å². The van der Waals surface area contributed by atoms with Gasteiger partial charge in [0.2, 0.25) is 11.8 Å². The van der Waals surface area contributed by atoms with Gasteiger partial charge in [-0.2, -0.15) is 0 Å². The summed E-state index contributed by atoms with van der Waals surface area (Å²) in [6.45, 7) is 6.73. The van der Waals surface area contributed by atoms with Crippen molar-refractivity contribution in [2.24, 2.45) is 0 Å². The summed E-state index contributed by atoms with van der Waals surface area (Å²) in [7, 11) is 0. The summed E-state index contributed by atoms with van der Waals surface area (Å²) in [5.74, 6) is -0.0491. The predicted molar refractivity (Wildman–Crippen MR) is 81.7 cm³/mol. The zero-order valence-corrected chi connectivity index (χ0v) is 12.6. The van der Waals surface area contributed by atoms with E-state index in [1.807, 2.05) is 31.2 Å². The molecule has 20 heavy (non-hydrogen) atoms. The zero-order valence-electron chi connectivity index (χ0n) is 12.6. The maximum atomic E-state index is 11.7. The molecule has 2 amide bonds. The van der Waals surface area contributed by atoms with Gasteiger partial charge in [-0.25, -0.2) is 0 Å². The Balaban J connectivity index is 2.54. The van der Waals surface area contributed by atoms with Gasteiger partial charge in [0.05, 0.1) is 0 Å². The number of amides is 2. The molecular weight excluding hydrogens is 252 g/mol. The van der Waals surface area contributed by atoms with E-state index in [2.05, 4.69) is 12.2 Å². The highest BCUT2D eigenvalue weighted by atomic mass is 16.2. The fraction of sp³-hybridized carbons (Fsp3) is 0.500. The molecule has 0 saturated heterocycles. The second kappa shape index (κ2) is 8.35. The molecule has 0 radical (unpaired) electrons. The highest BCUT2D eigenvalue weighted by Gasteiger charge is 2.12. The van der Waals surface area contributed by atoms with E-state index in [1.165, 1.54) is 6.92 Å². The van der Waals surface area contributed by atoms with Crippen molar-refractivity contribution in [1.82, 2.24) is 5.32 Å². The van der Waals surface area contributed by atoms with Gasteiger partial charge in [-0.3, -0.25) is 9.59 Å². The number of aryl methyl sites for hydroxylation is 1. The van der Waals surface area contributed by atoms with Gasteiger partial charge >= 0.3 is 0 Å². The van der Waals surface area contributed by atoms with E-state index in [4.69, 9.17) is 0 Å². The average Bonchev–Trinajstić information content (AvgIpc) is 2.41. The van der Waals surface area contributed by atoms with Crippen LogP contribution in [0.2, 0.25) is 0 Å². The summed E-state index contributed by atoms with van der Waals surface area (Å²) in [5, 5.41) is 2.86. The lowest BCUT2D eigenvalue weighted by atomic mass is 10.2. The molecule has 0 aliphatic heterocycles. The second-order valence-electron chi connectivity index (χ2n) is 4.96. The van der Waals surface area contributed by atoms with E-state index in [0.717, 1.165) is 24.1 Å². The van der Waals surface area contributed by atoms with Crippen LogP contribution in [-0.4, -0.2) is 24.9 Å². The van der Waals surface area contributed by atoms with Crippen LogP contribution < -0.4 is 10.2 Å². The molecule has 0 bridgehead atoms. The number of rotatable bonds is 7. The lowest BCUT2D eigenvalue weighted by Gasteiger charge is -2.21. The molecule has 1 aromatic rings. The third-order valence-corrected chi connectivity index (χ3v) is 3.14. The van der Waals surface area contributed by atoms with Crippen LogP contribution in [0.4, 0.5) is 5.69 Å². The van der Waals surface area contributed by atoms with Crippen LogP contribution in [0.3, 0.4) is 0 Å². The topological polar surface area (TPSA) is 49.4 Å². The molecule has 0 unspecified atom stereocenters. The van der Waals surface area contributed by atoms with E-state index in [0.29, 0.717) is 19.5 Å². The van der Waals surface area contributed by atoms with Gasteiger partial charge < -0.3 is 10.2 Å². The normalized spacial score (nSPS) is 10.2. The molecule has 0 aromatic heterocycles. The summed E-state index contributed by atoms with van der Waals surface area (Å²) in [6.07, 6.45) is 2.38. The zero-order chi connectivity index (χ0) is 15.0. The predicted octanol–water partition coefficient (Wildman–Crippen LogP) is 2.65. The SMILES string of the molecule is CCCCNC(=O)CCN(C(C)=O)c1ccc(C)cc1. The van der Waals surface area contributed by atoms with Crippen molar-refractivity contribution >= 4 is 17.5 Å². The van der Waals surface area contributed by atoms with Crippen molar-refractivity contribution in [1.29, 1.82) is 0 Å². The number of unbranched alkanes of at least 4 members (excludes halogenated alkanes) is 1. The second-order valence-corrected chi connectivity index (χ2v) is 4.96. The summed E-state index contributed by atoms with van der Waals surface area (Å²) >= 11 is 0. The molecule has 1 aromatic carbocycles. The van der Waals surface area contributed by atoms with Crippen LogP contribution in [0, 0.1) is 6.92 Å². The maximum Gasteiger partial charge on any atom is 0.223 e. The number of hydrogen-bond donors (Lipinski definition) is 1. The molecule has 110 valence electrons. The fourth-order valence-corrected chi connectivity index (χ4v) is 1.90. The summed E-state index contributed by atoms with van der Waals surface area (Å²) in [4.78, 5) is 25.0. The molecule has 1 rings (SSSR count). The van der Waals surface area contributed by atoms with E-state index in [-0.39, 0.29) is 11.8 Å². The minimum atomic E-state index is -0.0461. The first kappa shape index (κ1) is 16.2. The molecule has 4 heteroatoms. The molecule has 4 nitrogen and oxygen atoms in total. The number of carbonyl (C=O) groups is 2. The Morgan fingerprint density at radius 3 is 2.40 bits per heavy atom. The Morgan fingerprint density at radius 2 is 1.85 bits per heavy atom. The molecule has 0 heterocycles. The Bertz CT molecular complexity index is 440. The van der Waals surface area contributed by atoms with Gasteiger partial charge in [0, 0.05) is 32.1 Å². The average molecular weight is 276 g/mol. The Kier molecular flexibility index (Phi) is 6.77. The maximum absolute atomic E-state index is 11.7. The van der Waals surface area contributed by atoms with Gasteiger partial charge in [-0.1, -0.05) is 31.0 Å². The minimum absolute atomic E-state index is 0.00295. The molecular formula is C16H24N2O2. The molecule has 0 saturated carbocycles. The molecule has 1 N–H and O–H groups in total. The van der Waals surface area contributed by atoms with Crippen molar-refractivity contribution in [3.8, 4) is 0 Å². The van der Waals surface area contributed by atoms with Crippen LogP contribution in [0.15, 0.2) is 24.3 Å². The van der Waals surface area contributed by atoms with Crippen molar-refractivity contribution in [2.45, 2.75) is 40.0 Å². The smallest absolute Gasteiger partial charge is 0.223 e. The van der Waals surface area contributed by atoms with E-state index in [1.54, 1.807) is 4.90 Å². The Morgan fingerprint density at radius 1 is 1.20 bits per heavy atom. The lowest BCUT2D eigenvalue weighted by molar-refractivity contribution is -0.121. The van der Waals surface area contributed by atoms with Crippen LogP contribution >= 0.6 is 0 Å². The van der Waals surface area contributed by atoms with Crippen molar-refractivity contribution in [2.75, 3.05) is 18.0 Å². The number of anilines is 1. The Hall–Kier alpha value is -1.84. The highest BCUT2D eigenvalue weighted by Crippen LogP contribution is 2.15. The van der Waals surface area contributed by atoms with Crippen LogP contribution in [0.5, 0.6) is 0 Å². The molecule has 0 aliphatic rings. The quantitative estimate of drug-likeness (QED) is 0.778. The monoisotopic (exact) mass is 276 g/mol. The third-order valence-electron chi connectivity index (χ3n) is 3.14. The Labute approximate surface area is 121 Å². The minimum Gasteiger partial charge on any atom is -0.356 e. The molecule has 0 spiro atoms. The first-order valence-corrected chi connectivity index (χ1v) is 7.16.